The zero-order valence-corrected chi connectivity index (χ0v) is 18.6. The molecule has 31 heavy (non-hydrogen) atoms. The van der Waals surface area contributed by atoms with Gasteiger partial charge in [-0.05, 0) is 68.3 Å². The van der Waals surface area contributed by atoms with Crippen molar-refractivity contribution in [2.24, 2.45) is 0 Å². The Labute approximate surface area is 187 Å². The first-order valence-corrected chi connectivity index (χ1v) is 10.4. The van der Waals surface area contributed by atoms with Gasteiger partial charge < -0.3 is 15.0 Å². The molecule has 2 amide bonds. The Morgan fingerprint density at radius 1 is 0.968 bits per heavy atom. The van der Waals surface area contributed by atoms with E-state index in [1.54, 1.807) is 41.3 Å². The molecular formula is C25H25ClN2O3. The van der Waals surface area contributed by atoms with E-state index in [4.69, 9.17) is 16.3 Å². The van der Waals surface area contributed by atoms with Crippen LogP contribution >= 0.6 is 11.6 Å². The molecule has 0 saturated carbocycles. The van der Waals surface area contributed by atoms with Gasteiger partial charge in [0.05, 0.1) is 11.3 Å². The Morgan fingerprint density at radius 2 is 1.58 bits per heavy atom. The van der Waals surface area contributed by atoms with Gasteiger partial charge in [0.1, 0.15) is 5.75 Å². The smallest absolute Gasteiger partial charge is 0.262 e. The lowest BCUT2D eigenvalue weighted by Crippen LogP contribution is -2.32. The predicted molar refractivity (Wildman–Crippen MR) is 125 cm³/mol. The van der Waals surface area contributed by atoms with Gasteiger partial charge in [-0.25, -0.2) is 0 Å². The summed E-state index contributed by atoms with van der Waals surface area (Å²) in [7, 11) is 0. The van der Waals surface area contributed by atoms with Crippen LogP contribution in [0.3, 0.4) is 0 Å². The van der Waals surface area contributed by atoms with Crippen LogP contribution in [-0.4, -0.2) is 25.0 Å². The molecule has 0 aliphatic heterocycles. The van der Waals surface area contributed by atoms with Gasteiger partial charge in [0.25, 0.3) is 11.8 Å². The van der Waals surface area contributed by atoms with E-state index < -0.39 is 0 Å². The highest BCUT2D eigenvalue weighted by Crippen LogP contribution is 2.26. The van der Waals surface area contributed by atoms with Gasteiger partial charge in [0, 0.05) is 17.3 Å². The summed E-state index contributed by atoms with van der Waals surface area (Å²) in [4.78, 5) is 27.4. The highest BCUT2D eigenvalue weighted by molar-refractivity contribution is 6.32. The molecule has 0 saturated heterocycles. The van der Waals surface area contributed by atoms with Gasteiger partial charge in [-0.1, -0.05) is 41.9 Å². The Kier molecular flexibility index (Phi) is 7.32. The van der Waals surface area contributed by atoms with E-state index in [0.717, 1.165) is 16.8 Å². The highest BCUT2D eigenvalue weighted by atomic mass is 35.5. The van der Waals surface area contributed by atoms with Crippen molar-refractivity contribution in [1.82, 2.24) is 0 Å². The van der Waals surface area contributed by atoms with Gasteiger partial charge >= 0.3 is 0 Å². The standard InChI is InChI=1S/C25H25ClN2O3/c1-4-28(19-10-6-5-7-11-19)25(30)21-12-8-9-13-22(21)27-23(29)16-31-20-14-17(2)24(26)18(3)15-20/h5-15H,4,16H2,1-3H3,(H,27,29). The lowest BCUT2D eigenvalue weighted by molar-refractivity contribution is -0.118. The van der Waals surface area contributed by atoms with Crippen molar-refractivity contribution in [3.63, 3.8) is 0 Å². The fraction of sp³-hybridized carbons (Fsp3) is 0.200. The van der Waals surface area contributed by atoms with Crippen molar-refractivity contribution in [3.05, 3.63) is 88.4 Å². The molecule has 0 unspecified atom stereocenters. The maximum atomic E-state index is 13.2. The van der Waals surface area contributed by atoms with Crippen molar-refractivity contribution in [2.75, 3.05) is 23.4 Å². The number of aryl methyl sites for hydroxylation is 2. The third kappa shape index (κ3) is 5.44. The Morgan fingerprint density at radius 3 is 2.23 bits per heavy atom. The molecule has 0 fully saturated rings. The van der Waals surface area contributed by atoms with Crippen molar-refractivity contribution < 1.29 is 14.3 Å². The quantitative estimate of drug-likeness (QED) is 0.521. The van der Waals surface area contributed by atoms with E-state index in [0.29, 0.717) is 28.6 Å². The summed E-state index contributed by atoms with van der Waals surface area (Å²) in [6, 6.07) is 20.0. The van der Waals surface area contributed by atoms with Crippen LogP contribution in [0.2, 0.25) is 5.02 Å². The molecule has 3 aromatic carbocycles. The summed E-state index contributed by atoms with van der Waals surface area (Å²) in [6.45, 7) is 6.01. The molecule has 0 aliphatic carbocycles. The van der Waals surface area contributed by atoms with Crippen LogP contribution in [0.4, 0.5) is 11.4 Å². The molecule has 0 heterocycles. The summed E-state index contributed by atoms with van der Waals surface area (Å²) >= 11 is 6.18. The molecule has 160 valence electrons. The van der Waals surface area contributed by atoms with Gasteiger partial charge in [0.2, 0.25) is 0 Å². The average Bonchev–Trinajstić information content (AvgIpc) is 2.77. The number of benzene rings is 3. The third-order valence-corrected chi connectivity index (χ3v) is 5.44. The number of amides is 2. The maximum Gasteiger partial charge on any atom is 0.262 e. The van der Waals surface area contributed by atoms with Gasteiger partial charge in [0.15, 0.2) is 6.61 Å². The molecule has 0 bridgehead atoms. The van der Waals surface area contributed by atoms with Crippen LogP contribution in [0.1, 0.15) is 28.4 Å². The summed E-state index contributed by atoms with van der Waals surface area (Å²) in [5.74, 6) is 0.0304. The number of rotatable bonds is 7. The lowest BCUT2D eigenvalue weighted by atomic mass is 10.1. The van der Waals surface area contributed by atoms with Crippen molar-refractivity contribution >= 4 is 34.8 Å². The van der Waals surface area contributed by atoms with Crippen LogP contribution < -0.4 is 15.0 Å². The largest absolute Gasteiger partial charge is 0.484 e. The number of hydrogen-bond donors (Lipinski definition) is 1. The lowest BCUT2D eigenvalue weighted by Gasteiger charge is -2.22. The second-order valence-corrected chi connectivity index (χ2v) is 7.52. The van der Waals surface area contributed by atoms with E-state index in [9.17, 15) is 9.59 Å². The number of para-hydroxylation sites is 2. The molecule has 1 N–H and O–H groups in total. The van der Waals surface area contributed by atoms with Crippen LogP contribution in [0, 0.1) is 13.8 Å². The van der Waals surface area contributed by atoms with E-state index >= 15 is 0 Å². The number of nitrogens with zero attached hydrogens (tertiary/aromatic N) is 1. The van der Waals surface area contributed by atoms with Crippen LogP contribution in [0.15, 0.2) is 66.7 Å². The summed E-state index contributed by atoms with van der Waals surface area (Å²) in [5.41, 5.74) is 3.42. The SMILES string of the molecule is CCN(C(=O)c1ccccc1NC(=O)COc1cc(C)c(Cl)c(C)c1)c1ccccc1. The Hall–Kier alpha value is -3.31. The number of anilines is 2. The molecule has 3 rings (SSSR count). The first-order valence-electron chi connectivity index (χ1n) is 10.1. The van der Waals surface area contributed by atoms with E-state index in [1.165, 1.54) is 0 Å². The minimum Gasteiger partial charge on any atom is -0.484 e. The fourth-order valence-electron chi connectivity index (χ4n) is 3.30. The number of nitrogens with one attached hydrogen (secondary N) is 1. The van der Waals surface area contributed by atoms with Crippen LogP contribution in [0.25, 0.3) is 0 Å². The molecular weight excluding hydrogens is 412 g/mol. The second kappa shape index (κ2) is 10.1. The fourth-order valence-corrected chi connectivity index (χ4v) is 3.41. The topological polar surface area (TPSA) is 58.6 Å². The minimum atomic E-state index is -0.353. The van der Waals surface area contributed by atoms with E-state index in [-0.39, 0.29) is 18.4 Å². The first kappa shape index (κ1) is 22.4. The summed E-state index contributed by atoms with van der Waals surface area (Å²) < 4.78 is 5.63. The highest BCUT2D eigenvalue weighted by Gasteiger charge is 2.20. The maximum absolute atomic E-state index is 13.2. The molecule has 0 aromatic heterocycles. The summed E-state index contributed by atoms with van der Waals surface area (Å²) in [5, 5.41) is 3.48. The van der Waals surface area contributed by atoms with Crippen molar-refractivity contribution in [1.29, 1.82) is 0 Å². The van der Waals surface area contributed by atoms with E-state index in [1.807, 2.05) is 51.1 Å². The van der Waals surface area contributed by atoms with Gasteiger partial charge in [-0.15, -0.1) is 0 Å². The zero-order valence-electron chi connectivity index (χ0n) is 17.8. The molecule has 0 atom stereocenters. The van der Waals surface area contributed by atoms with Gasteiger partial charge in [-0.3, -0.25) is 9.59 Å². The summed E-state index contributed by atoms with van der Waals surface area (Å²) in [6.07, 6.45) is 0. The number of hydrogen-bond acceptors (Lipinski definition) is 3. The Bertz CT molecular complexity index is 1060. The molecule has 0 radical (unpaired) electrons. The molecule has 5 nitrogen and oxygen atoms in total. The monoisotopic (exact) mass is 436 g/mol. The normalized spacial score (nSPS) is 10.5. The number of ether oxygens (including phenoxy) is 1. The number of halogens is 1. The predicted octanol–water partition coefficient (Wildman–Crippen LogP) is 5.64. The first-order chi connectivity index (χ1) is 14.9. The van der Waals surface area contributed by atoms with Crippen molar-refractivity contribution in [2.45, 2.75) is 20.8 Å². The minimum absolute atomic E-state index is 0.181. The average molecular weight is 437 g/mol. The number of carbonyl (C=O) groups excluding carboxylic acids is 2. The molecule has 3 aromatic rings. The van der Waals surface area contributed by atoms with Crippen LogP contribution in [0.5, 0.6) is 5.75 Å². The second-order valence-electron chi connectivity index (χ2n) is 7.14. The molecule has 0 spiro atoms. The van der Waals surface area contributed by atoms with E-state index in [2.05, 4.69) is 5.32 Å². The molecule has 6 heteroatoms. The third-order valence-electron chi connectivity index (χ3n) is 4.84. The van der Waals surface area contributed by atoms with Gasteiger partial charge in [-0.2, -0.15) is 0 Å². The number of carbonyl (C=O) groups is 2. The zero-order chi connectivity index (χ0) is 22.4. The Balaban J connectivity index is 1.73. The van der Waals surface area contributed by atoms with Crippen LogP contribution in [-0.2, 0) is 4.79 Å². The molecule has 0 aliphatic rings. The van der Waals surface area contributed by atoms with Crippen molar-refractivity contribution in [3.8, 4) is 5.75 Å².